The second-order valence-electron chi connectivity index (χ2n) is 8.24. The van der Waals surface area contributed by atoms with Gasteiger partial charge in [-0.15, -0.1) is 0 Å². The van der Waals surface area contributed by atoms with E-state index in [2.05, 4.69) is 16.0 Å². The fraction of sp³-hybridized carbons (Fsp3) is 0.700. The third kappa shape index (κ3) is 7.70. The molecular weight excluding hydrogens is 438 g/mol. The number of nitrogens with one attached hydrogen (secondary N) is 3. The van der Waals surface area contributed by atoms with Crippen LogP contribution < -0.4 is 21.7 Å². The molecule has 0 spiro atoms. The lowest BCUT2D eigenvalue weighted by atomic mass is 10.1. The van der Waals surface area contributed by atoms with Gasteiger partial charge in [0, 0.05) is 19.4 Å². The molecule has 13 nitrogen and oxygen atoms in total. The average Bonchev–Trinajstić information content (AvgIpc) is 3.44. The maximum absolute atomic E-state index is 13.2. The Kier molecular flexibility index (Phi) is 9.57. The predicted octanol–water partition coefficient (Wildman–Crippen LogP) is -2.09. The molecule has 4 atom stereocenters. The van der Waals surface area contributed by atoms with Gasteiger partial charge in [-0.05, 0) is 45.1 Å². The number of likely N-dealkylation sites (tertiary alicyclic amines) is 1. The third-order valence-corrected chi connectivity index (χ3v) is 5.77. The topological polar surface area (TPSA) is 208 Å². The number of hydrogen-bond acceptors (Lipinski definition) is 7. The van der Waals surface area contributed by atoms with Gasteiger partial charge in [-0.1, -0.05) is 0 Å². The first kappa shape index (κ1) is 26.0. The highest BCUT2D eigenvalue weighted by Gasteiger charge is 2.39. The van der Waals surface area contributed by atoms with E-state index in [9.17, 15) is 33.9 Å². The number of carbonyl (C=O) groups excluding carboxylic acids is 4. The van der Waals surface area contributed by atoms with Crippen molar-refractivity contribution in [3.63, 3.8) is 0 Å². The Balaban J connectivity index is 2.09. The molecule has 7 N–H and O–H groups in total. The van der Waals surface area contributed by atoms with Gasteiger partial charge in [-0.25, -0.2) is 4.79 Å². The molecule has 2 fully saturated rings. The number of carboxylic acid groups (broad SMARTS) is 2. The van der Waals surface area contributed by atoms with E-state index in [0.29, 0.717) is 19.4 Å². The lowest BCUT2D eigenvalue weighted by Gasteiger charge is -2.29. The van der Waals surface area contributed by atoms with Crippen molar-refractivity contribution >= 4 is 35.6 Å². The normalized spacial score (nSPS) is 21.8. The molecule has 2 rings (SSSR count). The number of amides is 4. The summed E-state index contributed by atoms with van der Waals surface area (Å²) in [7, 11) is 0. The molecule has 2 saturated heterocycles. The van der Waals surface area contributed by atoms with Crippen LogP contribution in [-0.2, 0) is 28.8 Å². The first-order chi connectivity index (χ1) is 15.6. The van der Waals surface area contributed by atoms with Crippen LogP contribution >= 0.6 is 0 Å². The molecule has 0 aromatic rings. The number of carbonyl (C=O) groups is 6. The Bertz CT molecular complexity index is 782. The summed E-state index contributed by atoms with van der Waals surface area (Å²) in [6, 6.07) is -3.92. The highest BCUT2D eigenvalue weighted by atomic mass is 16.4. The molecule has 184 valence electrons. The molecule has 0 aromatic carbocycles. The molecule has 4 unspecified atom stereocenters. The van der Waals surface area contributed by atoms with Crippen LogP contribution in [0.2, 0.25) is 0 Å². The van der Waals surface area contributed by atoms with E-state index in [4.69, 9.17) is 10.8 Å². The zero-order chi connectivity index (χ0) is 24.5. The number of aliphatic carboxylic acids is 2. The second kappa shape index (κ2) is 12.1. The Labute approximate surface area is 190 Å². The molecule has 0 aromatic heterocycles. The van der Waals surface area contributed by atoms with Crippen LogP contribution in [0.25, 0.3) is 0 Å². The molecule has 2 heterocycles. The summed E-state index contributed by atoms with van der Waals surface area (Å²) in [6.45, 7) is 0.873. The molecule has 4 amide bonds. The molecule has 0 bridgehead atoms. The highest BCUT2D eigenvalue weighted by molar-refractivity contribution is 5.94. The summed E-state index contributed by atoms with van der Waals surface area (Å²) in [4.78, 5) is 73.2. The Morgan fingerprint density at radius 1 is 0.939 bits per heavy atom. The summed E-state index contributed by atoms with van der Waals surface area (Å²) >= 11 is 0. The Morgan fingerprint density at radius 2 is 1.61 bits per heavy atom. The first-order valence-electron chi connectivity index (χ1n) is 11.0. The largest absolute Gasteiger partial charge is 0.481 e. The molecule has 0 saturated carbocycles. The fourth-order valence-corrected chi connectivity index (χ4v) is 4.02. The molecule has 2 aliphatic rings. The summed E-state index contributed by atoms with van der Waals surface area (Å²) in [5.74, 6) is -4.87. The van der Waals surface area contributed by atoms with E-state index in [-0.39, 0.29) is 38.6 Å². The van der Waals surface area contributed by atoms with E-state index in [0.717, 1.165) is 6.42 Å². The third-order valence-electron chi connectivity index (χ3n) is 5.77. The number of nitrogens with zero attached hydrogens (tertiary/aromatic N) is 1. The summed E-state index contributed by atoms with van der Waals surface area (Å²) < 4.78 is 0. The molecule has 33 heavy (non-hydrogen) atoms. The number of hydrogen-bond donors (Lipinski definition) is 6. The monoisotopic (exact) mass is 469 g/mol. The molecular formula is C20H31N5O8. The molecule has 0 aliphatic carbocycles. The van der Waals surface area contributed by atoms with Crippen molar-refractivity contribution in [3.8, 4) is 0 Å². The zero-order valence-electron chi connectivity index (χ0n) is 18.2. The number of nitrogens with two attached hydrogens (primary N) is 1. The van der Waals surface area contributed by atoms with Crippen LogP contribution in [0.4, 0.5) is 0 Å². The Morgan fingerprint density at radius 3 is 2.18 bits per heavy atom. The van der Waals surface area contributed by atoms with E-state index in [1.165, 1.54) is 4.90 Å². The SMILES string of the molecule is NC(=O)CCC(NC(=O)C1CCCN1C(=O)C(CCC(=O)O)NC(=O)C1CCCN1)C(=O)O. The van der Waals surface area contributed by atoms with Crippen molar-refractivity contribution in [2.75, 3.05) is 13.1 Å². The minimum absolute atomic E-state index is 0.145. The lowest BCUT2D eigenvalue weighted by molar-refractivity contribution is -0.145. The maximum atomic E-state index is 13.2. The van der Waals surface area contributed by atoms with Crippen molar-refractivity contribution in [3.05, 3.63) is 0 Å². The van der Waals surface area contributed by atoms with Crippen LogP contribution in [0.15, 0.2) is 0 Å². The van der Waals surface area contributed by atoms with E-state index in [1.807, 2.05) is 0 Å². The van der Waals surface area contributed by atoms with Gasteiger partial charge in [-0.3, -0.25) is 24.0 Å². The van der Waals surface area contributed by atoms with Crippen LogP contribution in [0.5, 0.6) is 0 Å². The van der Waals surface area contributed by atoms with Crippen LogP contribution in [0, 0.1) is 0 Å². The standard InChI is InChI=1S/C20H31N5O8/c21-15(26)7-5-13(20(32)33)24-18(30)14-4-2-10-25(14)19(31)12(6-8-16(27)28)23-17(29)11-3-1-9-22-11/h11-14,22H,1-10H2,(H2,21,26)(H,23,29)(H,24,30)(H,27,28)(H,32,33). The van der Waals surface area contributed by atoms with Crippen molar-refractivity contribution in [1.82, 2.24) is 20.9 Å². The van der Waals surface area contributed by atoms with E-state index in [1.54, 1.807) is 0 Å². The van der Waals surface area contributed by atoms with Crippen LogP contribution in [0.1, 0.15) is 51.4 Å². The van der Waals surface area contributed by atoms with Gasteiger partial charge in [0.2, 0.25) is 23.6 Å². The average molecular weight is 469 g/mol. The van der Waals surface area contributed by atoms with Gasteiger partial charge < -0.3 is 36.8 Å². The molecule has 2 aliphatic heterocycles. The summed E-state index contributed by atoms with van der Waals surface area (Å²) in [5.41, 5.74) is 5.05. The fourth-order valence-electron chi connectivity index (χ4n) is 4.02. The molecule has 13 heteroatoms. The van der Waals surface area contributed by atoms with Crippen LogP contribution in [-0.4, -0.2) is 87.9 Å². The highest BCUT2D eigenvalue weighted by Crippen LogP contribution is 2.20. The zero-order valence-corrected chi connectivity index (χ0v) is 18.2. The van der Waals surface area contributed by atoms with Gasteiger partial charge in [0.15, 0.2) is 0 Å². The quantitative estimate of drug-likeness (QED) is 0.185. The van der Waals surface area contributed by atoms with Gasteiger partial charge >= 0.3 is 11.9 Å². The van der Waals surface area contributed by atoms with E-state index < -0.39 is 59.7 Å². The minimum atomic E-state index is -1.35. The summed E-state index contributed by atoms with van der Waals surface area (Å²) in [6.07, 6.45) is 1.24. The van der Waals surface area contributed by atoms with Gasteiger partial charge in [0.05, 0.1) is 6.04 Å². The number of primary amides is 1. The van der Waals surface area contributed by atoms with Crippen molar-refractivity contribution in [2.24, 2.45) is 5.73 Å². The van der Waals surface area contributed by atoms with Crippen LogP contribution in [0.3, 0.4) is 0 Å². The maximum Gasteiger partial charge on any atom is 0.326 e. The smallest absolute Gasteiger partial charge is 0.326 e. The van der Waals surface area contributed by atoms with Gasteiger partial charge in [-0.2, -0.15) is 0 Å². The van der Waals surface area contributed by atoms with E-state index >= 15 is 0 Å². The predicted molar refractivity (Wildman–Crippen MR) is 113 cm³/mol. The van der Waals surface area contributed by atoms with Crippen molar-refractivity contribution in [2.45, 2.75) is 75.5 Å². The Hall–Kier alpha value is -3.22. The lowest BCUT2D eigenvalue weighted by Crippen LogP contribution is -2.56. The van der Waals surface area contributed by atoms with Gasteiger partial charge in [0.25, 0.3) is 0 Å². The number of rotatable bonds is 12. The minimum Gasteiger partial charge on any atom is -0.481 e. The molecule has 0 radical (unpaired) electrons. The number of carboxylic acids is 2. The van der Waals surface area contributed by atoms with Crippen molar-refractivity contribution < 1.29 is 39.0 Å². The van der Waals surface area contributed by atoms with Crippen molar-refractivity contribution in [1.29, 1.82) is 0 Å². The first-order valence-corrected chi connectivity index (χ1v) is 11.0. The summed E-state index contributed by atoms with van der Waals surface area (Å²) in [5, 5.41) is 26.3. The van der Waals surface area contributed by atoms with Gasteiger partial charge in [0.1, 0.15) is 18.1 Å². The second-order valence-corrected chi connectivity index (χ2v) is 8.24.